The van der Waals surface area contributed by atoms with Crippen molar-refractivity contribution in [2.24, 2.45) is 0 Å². The highest BCUT2D eigenvalue weighted by molar-refractivity contribution is 7.16. The molecule has 2 aromatic heterocycles. The summed E-state index contributed by atoms with van der Waals surface area (Å²) in [5.74, 6) is 0. The van der Waals surface area contributed by atoms with Crippen molar-refractivity contribution in [2.75, 3.05) is 32.0 Å². The molecule has 33 heavy (non-hydrogen) atoms. The number of thiophene rings is 1. The number of rotatable bonds is 4. The van der Waals surface area contributed by atoms with Crippen LogP contribution >= 0.6 is 11.3 Å². The molecule has 0 aliphatic carbocycles. The third-order valence-corrected chi connectivity index (χ3v) is 8.34. The van der Waals surface area contributed by atoms with E-state index in [1.807, 2.05) is 23.6 Å². The average molecular weight is 459 g/mol. The zero-order valence-electron chi connectivity index (χ0n) is 20.1. The van der Waals surface area contributed by atoms with E-state index in [1.54, 1.807) is 0 Å². The topological polar surface area (TPSA) is 31.4 Å². The van der Waals surface area contributed by atoms with Gasteiger partial charge in [-0.15, -0.1) is 11.3 Å². The number of hydrogen-bond donors (Lipinski definition) is 1. The summed E-state index contributed by atoms with van der Waals surface area (Å²) < 4.78 is 0. The Kier molecular flexibility index (Phi) is 6.02. The van der Waals surface area contributed by atoms with Crippen molar-refractivity contribution in [3.05, 3.63) is 81.3 Å². The Bertz CT molecular complexity index is 1240. The molecule has 4 heterocycles. The second kappa shape index (κ2) is 8.96. The Morgan fingerprint density at radius 1 is 1.09 bits per heavy atom. The zero-order chi connectivity index (χ0) is 23.0. The highest BCUT2D eigenvalue weighted by Crippen LogP contribution is 2.40. The number of aryl methyl sites for hydroxylation is 1. The van der Waals surface area contributed by atoms with E-state index in [9.17, 15) is 0 Å². The van der Waals surface area contributed by atoms with Crippen molar-refractivity contribution >= 4 is 28.2 Å². The number of anilines is 1. The van der Waals surface area contributed by atoms with Crippen molar-refractivity contribution in [3.63, 3.8) is 0 Å². The van der Waals surface area contributed by atoms with Gasteiger partial charge in [0.05, 0.1) is 11.0 Å². The van der Waals surface area contributed by atoms with Crippen molar-refractivity contribution < 1.29 is 0 Å². The molecule has 3 aromatic rings. The van der Waals surface area contributed by atoms with Gasteiger partial charge in [-0.05, 0) is 49.1 Å². The third kappa shape index (κ3) is 4.57. The SMILES string of the molecule is CN1CCN(C2=c3ncccc3=CNc3sc(C(C)(C)C)cc32)CC1CCc1ccccc1. The van der Waals surface area contributed by atoms with Crippen LogP contribution in [0.5, 0.6) is 0 Å². The van der Waals surface area contributed by atoms with E-state index >= 15 is 0 Å². The predicted octanol–water partition coefficient (Wildman–Crippen LogP) is 4.01. The van der Waals surface area contributed by atoms with E-state index in [0.29, 0.717) is 6.04 Å². The first-order valence-corrected chi connectivity index (χ1v) is 12.8. The van der Waals surface area contributed by atoms with Gasteiger partial charge in [0.1, 0.15) is 5.00 Å². The van der Waals surface area contributed by atoms with Crippen LogP contribution in [0.2, 0.25) is 0 Å². The Balaban J connectivity index is 1.52. The molecule has 2 aliphatic heterocycles. The first kappa shape index (κ1) is 22.2. The number of hydrogen-bond acceptors (Lipinski definition) is 5. The summed E-state index contributed by atoms with van der Waals surface area (Å²) in [7, 11) is 2.28. The number of likely N-dealkylation sites (N-methyl/N-ethyl adjacent to an activating group) is 1. The summed E-state index contributed by atoms with van der Waals surface area (Å²) in [4.78, 5) is 11.4. The normalized spacial score (nSPS) is 18.7. The number of fused-ring (bicyclic) bond motifs is 2. The summed E-state index contributed by atoms with van der Waals surface area (Å²) in [5, 5.41) is 7.09. The first-order valence-electron chi connectivity index (χ1n) is 12.0. The molecule has 0 spiro atoms. The zero-order valence-corrected chi connectivity index (χ0v) is 21.0. The van der Waals surface area contributed by atoms with Gasteiger partial charge in [0.25, 0.3) is 0 Å². The minimum atomic E-state index is 0.122. The van der Waals surface area contributed by atoms with Gasteiger partial charge in [-0.1, -0.05) is 51.1 Å². The van der Waals surface area contributed by atoms with Crippen LogP contribution in [0.25, 0.3) is 11.9 Å². The lowest BCUT2D eigenvalue weighted by atomic mass is 9.93. The molecule has 2 aliphatic rings. The minimum absolute atomic E-state index is 0.122. The Morgan fingerprint density at radius 3 is 2.70 bits per heavy atom. The molecular weight excluding hydrogens is 424 g/mol. The first-order chi connectivity index (χ1) is 15.9. The van der Waals surface area contributed by atoms with Crippen molar-refractivity contribution in [3.8, 4) is 0 Å². The summed E-state index contributed by atoms with van der Waals surface area (Å²) in [6.45, 7) is 9.99. The molecule has 5 heteroatoms. The maximum absolute atomic E-state index is 4.88. The molecule has 1 fully saturated rings. The van der Waals surface area contributed by atoms with Crippen LogP contribution in [0, 0.1) is 0 Å². The van der Waals surface area contributed by atoms with Crippen LogP contribution in [0.4, 0.5) is 5.00 Å². The van der Waals surface area contributed by atoms with Crippen LogP contribution in [-0.4, -0.2) is 47.5 Å². The highest BCUT2D eigenvalue weighted by Gasteiger charge is 2.30. The van der Waals surface area contributed by atoms with Gasteiger partial charge in [0.15, 0.2) is 0 Å². The quantitative estimate of drug-likeness (QED) is 0.640. The number of nitrogens with one attached hydrogen (secondary N) is 1. The van der Waals surface area contributed by atoms with Gasteiger partial charge >= 0.3 is 0 Å². The number of pyridine rings is 1. The smallest absolute Gasteiger partial charge is 0.102 e. The Hall–Kier alpha value is -2.63. The molecule has 0 bridgehead atoms. The Morgan fingerprint density at radius 2 is 1.91 bits per heavy atom. The molecule has 1 atom stereocenters. The van der Waals surface area contributed by atoms with Crippen molar-refractivity contribution in [1.29, 1.82) is 0 Å². The summed E-state index contributed by atoms with van der Waals surface area (Å²) in [6.07, 6.45) is 6.33. The molecule has 5 rings (SSSR count). The van der Waals surface area contributed by atoms with E-state index in [-0.39, 0.29) is 5.41 Å². The largest absolute Gasteiger partial charge is 0.366 e. The number of aromatic nitrogens is 1. The van der Waals surface area contributed by atoms with Crippen molar-refractivity contribution in [1.82, 2.24) is 14.8 Å². The van der Waals surface area contributed by atoms with Crippen LogP contribution in [0.1, 0.15) is 43.2 Å². The summed E-state index contributed by atoms with van der Waals surface area (Å²) in [5.41, 5.74) is 4.12. The fourth-order valence-electron chi connectivity index (χ4n) is 4.81. The highest BCUT2D eigenvalue weighted by atomic mass is 32.1. The molecule has 1 N–H and O–H groups in total. The van der Waals surface area contributed by atoms with E-state index in [4.69, 9.17) is 4.98 Å². The molecule has 0 radical (unpaired) electrons. The molecular formula is C28H34N4S. The fraction of sp³-hybridized carbons (Fsp3) is 0.393. The van der Waals surface area contributed by atoms with Gasteiger partial charge < -0.3 is 10.2 Å². The van der Waals surface area contributed by atoms with Gasteiger partial charge in [0.2, 0.25) is 0 Å². The van der Waals surface area contributed by atoms with E-state index in [0.717, 1.165) is 43.0 Å². The lowest BCUT2D eigenvalue weighted by Crippen LogP contribution is -2.52. The average Bonchev–Trinajstić information content (AvgIpc) is 3.17. The maximum Gasteiger partial charge on any atom is 0.102 e. The standard InChI is InChI=1S/C28H34N4S/c1-28(2,3)24-17-23-26(25-21(11-8-14-29-25)18-30-27(23)33-24)32-16-15-31(4)22(19-32)13-12-20-9-6-5-7-10-20/h5-11,14,17-18,22,30H,12-13,15-16,19H2,1-4H3. The molecule has 172 valence electrons. The van der Waals surface area contributed by atoms with Crippen LogP contribution in [0.3, 0.4) is 0 Å². The molecule has 0 saturated carbocycles. The lowest BCUT2D eigenvalue weighted by molar-refractivity contribution is 0.128. The fourth-order valence-corrected chi connectivity index (χ4v) is 5.89. The van der Waals surface area contributed by atoms with Gasteiger partial charge in [-0.25, -0.2) is 0 Å². The van der Waals surface area contributed by atoms with Crippen LogP contribution in [-0.2, 0) is 11.8 Å². The predicted molar refractivity (Wildman–Crippen MR) is 140 cm³/mol. The Labute approximate surface area is 201 Å². The lowest BCUT2D eigenvalue weighted by Gasteiger charge is -2.41. The number of piperazine rings is 1. The minimum Gasteiger partial charge on any atom is -0.366 e. The van der Waals surface area contributed by atoms with Gasteiger partial charge in [-0.2, -0.15) is 0 Å². The van der Waals surface area contributed by atoms with Crippen LogP contribution < -0.4 is 15.9 Å². The van der Waals surface area contributed by atoms with Gasteiger partial charge in [-0.3, -0.25) is 9.88 Å². The third-order valence-electron chi connectivity index (χ3n) is 6.85. The van der Waals surface area contributed by atoms with Gasteiger partial charge in [0, 0.05) is 53.7 Å². The monoisotopic (exact) mass is 458 g/mol. The molecule has 0 amide bonds. The van der Waals surface area contributed by atoms with E-state index in [2.05, 4.69) is 91.6 Å². The number of nitrogens with zero attached hydrogens (tertiary/aromatic N) is 3. The molecule has 4 nitrogen and oxygen atoms in total. The molecule has 1 unspecified atom stereocenters. The number of benzene rings is 1. The second-order valence-corrected chi connectivity index (χ2v) is 11.3. The van der Waals surface area contributed by atoms with E-state index in [1.165, 1.54) is 26.7 Å². The van der Waals surface area contributed by atoms with Crippen LogP contribution in [0.15, 0.2) is 54.7 Å². The summed E-state index contributed by atoms with van der Waals surface area (Å²) in [6, 6.07) is 18.0. The van der Waals surface area contributed by atoms with Crippen molar-refractivity contribution in [2.45, 2.75) is 45.1 Å². The summed E-state index contributed by atoms with van der Waals surface area (Å²) >= 11 is 1.87. The molecule has 1 saturated heterocycles. The second-order valence-electron chi connectivity index (χ2n) is 10.3. The maximum atomic E-state index is 4.88. The molecule has 1 aromatic carbocycles. The van der Waals surface area contributed by atoms with E-state index < -0.39 is 0 Å².